The highest BCUT2D eigenvalue weighted by atomic mass is 32.1. The first kappa shape index (κ1) is 15.0. The van der Waals surface area contributed by atoms with Gasteiger partial charge >= 0.3 is 12.1 Å². The molecule has 0 N–H and O–H groups in total. The van der Waals surface area contributed by atoms with E-state index in [2.05, 4.69) is 4.98 Å². The molecule has 1 fully saturated rings. The molecule has 3 nitrogen and oxygen atoms in total. The van der Waals surface area contributed by atoms with Crippen LogP contribution in [-0.4, -0.2) is 17.1 Å². The Labute approximate surface area is 128 Å². The second-order valence-electron chi connectivity index (χ2n) is 5.09. The molecule has 1 aliphatic rings. The Morgan fingerprint density at radius 2 is 2.09 bits per heavy atom. The van der Waals surface area contributed by atoms with Gasteiger partial charge in [0.05, 0.1) is 15.4 Å². The highest BCUT2D eigenvalue weighted by Crippen LogP contribution is 2.36. The molecule has 116 valence electrons. The number of hydrogen-bond donors (Lipinski definition) is 0. The molecule has 1 aromatic carbocycles. The van der Waals surface area contributed by atoms with Gasteiger partial charge in [0.1, 0.15) is 6.10 Å². The Kier molecular flexibility index (Phi) is 3.68. The SMILES string of the molecule is Cc1nc(C(=O)OC2CC2)c(-c2cccc(C(F)(F)F)c2)s1. The predicted octanol–water partition coefficient (Wildman–Crippen LogP) is 4.46. The van der Waals surface area contributed by atoms with Gasteiger partial charge in [0, 0.05) is 0 Å². The summed E-state index contributed by atoms with van der Waals surface area (Å²) in [6.45, 7) is 1.70. The number of thiazole rings is 1. The van der Waals surface area contributed by atoms with E-state index >= 15 is 0 Å². The van der Waals surface area contributed by atoms with Gasteiger partial charge in [-0.2, -0.15) is 13.2 Å². The molecule has 2 aromatic rings. The molecule has 0 saturated heterocycles. The second-order valence-corrected chi connectivity index (χ2v) is 6.30. The van der Waals surface area contributed by atoms with Gasteiger partial charge in [0.15, 0.2) is 5.69 Å². The molecule has 1 saturated carbocycles. The van der Waals surface area contributed by atoms with Gasteiger partial charge in [-0.25, -0.2) is 9.78 Å². The summed E-state index contributed by atoms with van der Waals surface area (Å²) >= 11 is 1.18. The largest absolute Gasteiger partial charge is 0.458 e. The lowest BCUT2D eigenvalue weighted by molar-refractivity contribution is -0.137. The Hall–Kier alpha value is -1.89. The van der Waals surface area contributed by atoms with Crippen molar-refractivity contribution in [2.75, 3.05) is 0 Å². The molecule has 3 rings (SSSR count). The minimum absolute atomic E-state index is 0.0798. The van der Waals surface area contributed by atoms with E-state index in [4.69, 9.17) is 4.74 Å². The number of hydrogen-bond acceptors (Lipinski definition) is 4. The normalized spacial score (nSPS) is 14.9. The third-order valence-corrected chi connectivity index (χ3v) is 4.20. The number of halogens is 3. The molecule has 0 aliphatic heterocycles. The molecule has 22 heavy (non-hydrogen) atoms. The number of esters is 1. The van der Waals surface area contributed by atoms with Crippen molar-refractivity contribution >= 4 is 17.3 Å². The van der Waals surface area contributed by atoms with Gasteiger partial charge in [-0.3, -0.25) is 0 Å². The van der Waals surface area contributed by atoms with Crippen LogP contribution in [0, 0.1) is 6.92 Å². The molecule has 1 heterocycles. The van der Waals surface area contributed by atoms with Crippen LogP contribution in [0.25, 0.3) is 10.4 Å². The minimum Gasteiger partial charge on any atom is -0.458 e. The summed E-state index contributed by atoms with van der Waals surface area (Å²) in [7, 11) is 0. The van der Waals surface area contributed by atoms with Gasteiger partial charge in [-0.15, -0.1) is 11.3 Å². The van der Waals surface area contributed by atoms with E-state index in [0.29, 0.717) is 15.4 Å². The lowest BCUT2D eigenvalue weighted by Crippen LogP contribution is -2.09. The third-order valence-electron chi connectivity index (χ3n) is 3.18. The fourth-order valence-electron chi connectivity index (χ4n) is 1.99. The molecule has 0 atom stereocenters. The number of rotatable bonds is 3. The zero-order chi connectivity index (χ0) is 15.9. The van der Waals surface area contributed by atoms with Crippen molar-refractivity contribution in [3.8, 4) is 10.4 Å². The van der Waals surface area contributed by atoms with Crippen molar-refractivity contribution in [2.45, 2.75) is 32.0 Å². The van der Waals surface area contributed by atoms with Crippen LogP contribution in [0.2, 0.25) is 0 Å². The Bertz CT molecular complexity index is 720. The molecule has 0 unspecified atom stereocenters. The Morgan fingerprint density at radius 1 is 1.36 bits per heavy atom. The van der Waals surface area contributed by atoms with Crippen LogP contribution in [0.5, 0.6) is 0 Å². The average Bonchev–Trinajstić information content (AvgIpc) is 3.17. The summed E-state index contributed by atoms with van der Waals surface area (Å²) < 4.78 is 43.7. The highest BCUT2D eigenvalue weighted by Gasteiger charge is 2.32. The fraction of sp³-hybridized carbons (Fsp3) is 0.333. The summed E-state index contributed by atoms with van der Waals surface area (Å²) in [5, 5.41) is 0.607. The fourth-order valence-corrected chi connectivity index (χ4v) is 2.89. The van der Waals surface area contributed by atoms with E-state index in [1.165, 1.54) is 23.5 Å². The first-order valence-electron chi connectivity index (χ1n) is 6.70. The number of nitrogens with zero attached hydrogens (tertiary/aromatic N) is 1. The van der Waals surface area contributed by atoms with Gasteiger partial charge < -0.3 is 4.74 Å². The lowest BCUT2D eigenvalue weighted by Gasteiger charge is -2.08. The molecule has 7 heteroatoms. The average molecular weight is 327 g/mol. The van der Waals surface area contributed by atoms with Gasteiger partial charge in [0.25, 0.3) is 0 Å². The number of alkyl halides is 3. The first-order chi connectivity index (χ1) is 10.3. The summed E-state index contributed by atoms with van der Waals surface area (Å²) in [5.74, 6) is -0.570. The van der Waals surface area contributed by atoms with Crippen LogP contribution in [0.3, 0.4) is 0 Å². The topological polar surface area (TPSA) is 39.2 Å². The van der Waals surface area contributed by atoms with Crippen molar-refractivity contribution in [1.82, 2.24) is 4.98 Å². The monoisotopic (exact) mass is 327 g/mol. The number of carbonyl (C=O) groups excluding carboxylic acids is 1. The second kappa shape index (κ2) is 5.39. The summed E-state index contributed by atoms with van der Waals surface area (Å²) in [5.41, 5.74) is -0.338. The van der Waals surface area contributed by atoms with Gasteiger partial charge in [0.2, 0.25) is 0 Å². The quantitative estimate of drug-likeness (QED) is 0.782. The molecule has 1 aromatic heterocycles. The van der Waals surface area contributed by atoms with E-state index in [0.717, 1.165) is 25.0 Å². The van der Waals surface area contributed by atoms with Crippen LogP contribution in [0.1, 0.15) is 33.9 Å². The molecular weight excluding hydrogens is 315 g/mol. The summed E-state index contributed by atoms with van der Waals surface area (Å²) in [6.07, 6.45) is -2.85. The maximum Gasteiger partial charge on any atom is 0.416 e. The maximum absolute atomic E-state index is 12.8. The lowest BCUT2D eigenvalue weighted by atomic mass is 10.1. The number of benzene rings is 1. The smallest absolute Gasteiger partial charge is 0.416 e. The summed E-state index contributed by atoms with van der Waals surface area (Å²) in [4.78, 5) is 16.6. The number of aromatic nitrogens is 1. The van der Waals surface area contributed by atoms with E-state index in [1.807, 2.05) is 0 Å². The van der Waals surface area contributed by atoms with Crippen molar-refractivity contribution in [3.63, 3.8) is 0 Å². The molecule has 0 amide bonds. The maximum atomic E-state index is 12.8. The van der Waals surface area contributed by atoms with E-state index < -0.39 is 17.7 Å². The molecule has 0 radical (unpaired) electrons. The number of carbonyl (C=O) groups is 1. The van der Waals surface area contributed by atoms with Crippen LogP contribution in [0.15, 0.2) is 24.3 Å². The zero-order valence-electron chi connectivity index (χ0n) is 11.6. The van der Waals surface area contributed by atoms with Crippen LogP contribution >= 0.6 is 11.3 Å². The van der Waals surface area contributed by atoms with Crippen LogP contribution < -0.4 is 0 Å². The zero-order valence-corrected chi connectivity index (χ0v) is 12.4. The Balaban J connectivity index is 1.99. The van der Waals surface area contributed by atoms with E-state index in [1.54, 1.807) is 6.92 Å². The van der Waals surface area contributed by atoms with Crippen molar-refractivity contribution in [1.29, 1.82) is 0 Å². The van der Waals surface area contributed by atoms with E-state index in [-0.39, 0.29) is 11.8 Å². The first-order valence-corrected chi connectivity index (χ1v) is 7.52. The van der Waals surface area contributed by atoms with Crippen molar-refractivity contribution in [3.05, 3.63) is 40.5 Å². The Morgan fingerprint density at radius 3 is 2.73 bits per heavy atom. The van der Waals surface area contributed by atoms with Crippen molar-refractivity contribution < 1.29 is 22.7 Å². The standard InChI is InChI=1S/C15H12F3NO2S/c1-8-19-12(14(20)21-11-5-6-11)13(22-8)9-3-2-4-10(7-9)15(16,17)18/h2-4,7,11H,5-6H2,1H3. The van der Waals surface area contributed by atoms with Gasteiger partial charge in [-0.1, -0.05) is 12.1 Å². The van der Waals surface area contributed by atoms with Crippen molar-refractivity contribution in [2.24, 2.45) is 0 Å². The predicted molar refractivity (Wildman–Crippen MR) is 75.7 cm³/mol. The molecule has 0 spiro atoms. The molecular formula is C15H12F3NO2S. The number of aryl methyl sites for hydroxylation is 1. The van der Waals surface area contributed by atoms with Crippen LogP contribution in [0.4, 0.5) is 13.2 Å². The molecule has 0 bridgehead atoms. The number of ether oxygens (including phenoxy) is 1. The third kappa shape index (κ3) is 3.14. The molecule has 1 aliphatic carbocycles. The minimum atomic E-state index is -4.43. The summed E-state index contributed by atoms with van der Waals surface area (Å²) in [6, 6.07) is 4.89. The van der Waals surface area contributed by atoms with Gasteiger partial charge in [-0.05, 0) is 37.5 Å². The van der Waals surface area contributed by atoms with Crippen LogP contribution in [-0.2, 0) is 10.9 Å². The van der Waals surface area contributed by atoms with E-state index in [9.17, 15) is 18.0 Å². The highest BCUT2D eigenvalue weighted by molar-refractivity contribution is 7.15.